The molecule has 1 aliphatic carbocycles. The SMILES string of the molecule is CC1(C)CC1CNCc1cc(Br)ccc1OC(F)F. The van der Waals surface area contributed by atoms with Crippen LogP contribution >= 0.6 is 15.9 Å². The molecular formula is C14H18BrF2NO. The lowest BCUT2D eigenvalue weighted by atomic mass is 10.1. The number of halogens is 3. The summed E-state index contributed by atoms with van der Waals surface area (Å²) in [6.45, 7) is 3.14. The van der Waals surface area contributed by atoms with E-state index in [4.69, 9.17) is 0 Å². The van der Waals surface area contributed by atoms with Crippen LogP contribution in [-0.4, -0.2) is 13.2 Å². The summed E-state index contributed by atoms with van der Waals surface area (Å²) in [5.41, 5.74) is 1.17. The largest absolute Gasteiger partial charge is 0.434 e. The lowest BCUT2D eigenvalue weighted by molar-refractivity contribution is -0.0505. The molecule has 0 aromatic heterocycles. The second-order valence-corrected chi connectivity index (χ2v) is 6.57. The van der Waals surface area contributed by atoms with Gasteiger partial charge in [0.15, 0.2) is 0 Å². The highest BCUT2D eigenvalue weighted by Crippen LogP contribution is 2.51. The Labute approximate surface area is 120 Å². The zero-order valence-corrected chi connectivity index (χ0v) is 12.6. The van der Waals surface area contributed by atoms with Gasteiger partial charge in [0, 0.05) is 16.6 Å². The standard InChI is InChI=1S/C14H18BrF2NO/c1-14(2)6-10(14)8-18-7-9-5-11(15)3-4-12(9)19-13(16)17/h3-5,10,13,18H,6-8H2,1-2H3. The number of benzene rings is 1. The zero-order chi connectivity index (χ0) is 14.0. The van der Waals surface area contributed by atoms with E-state index in [0.29, 0.717) is 17.9 Å². The van der Waals surface area contributed by atoms with Gasteiger partial charge in [-0.1, -0.05) is 29.8 Å². The predicted octanol–water partition coefficient (Wildman–Crippen LogP) is 4.19. The van der Waals surface area contributed by atoms with Gasteiger partial charge in [0.2, 0.25) is 0 Å². The van der Waals surface area contributed by atoms with Gasteiger partial charge in [0.1, 0.15) is 5.75 Å². The van der Waals surface area contributed by atoms with Crippen molar-refractivity contribution in [3.05, 3.63) is 28.2 Å². The Morgan fingerprint density at radius 3 is 2.74 bits per heavy atom. The van der Waals surface area contributed by atoms with Crippen molar-refractivity contribution in [3.63, 3.8) is 0 Å². The van der Waals surface area contributed by atoms with Gasteiger partial charge < -0.3 is 10.1 Å². The molecule has 2 rings (SSSR count). The van der Waals surface area contributed by atoms with E-state index in [2.05, 4.69) is 39.8 Å². The van der Waals surface area contributed by atoms with Gasteiger partial charge in [0.25, 0.3) is 0 Å². The first-order chi connectivity index (χ1) is 8.88. The van der Waals surface area contributed by atoms with Crippen molar-refractivity contribution >= 4 is 15.9 Å². The molecule has 2 nitrogen and oxygen atoms in total. The third-order valence-corrected chi connectivity index (χ3v) is 4.16. The molecule has 0 amide bonds. The van der Waals surface area contributed by atoms with Crippen LogP contribution in [0.2, 0.25) is 0 Å². The maximum absolute atomic E-state index is 12.3. The average Bonchev–Trinajstić information content (AvgIpc) is 2.90. The van der Waals surface area contributed by atoms with Crippen LogP contribution in [0.3, 0.4) is 0 Å². The average molecular weight is 334 g/mol. The molecule has 0 aliphatic heterocycles. The van der Waals surface area contributed by atoms with Crippen LogP contribution in [-0.2, 0) is 6.54 Å². The summed E-state index contributed by atoms with van der Waals surface area (Å²) < 4.78 is 30.0. The maximum atomic E-state index is 12.3. The summed E-state index contributed by atoms with van der Waals surface area (Å²) in [5, 5.41) is 3.31. The molecule has 0 heterocycles. The molecule has 1 aromatic carbocycles. The molecule has 1 fully saturated rings. The van der Waals surface area contributed by atoms with Crippen LogP contribution < -0.4 is 10.1 Å². The minimum Gasteiger partial charge on any atom is -0.434 e. The summed E-state index contributed by atoms with van der Waals surface area (Å²) in [6, 6.07) is 5.07. The number of hydrogen-bond acceptors (Lipinski definition) is 2. The highest BCUT2D eigenvalue weighted by atomic mass is 79.9. The molecular weight excluding hydrogens is 316 g/mol. The molecule has 1 atom stereocenters. The normalized spacial score (nSPS) is 20.6. The van der Waals surface area contributed by atoms with Crippen molar-refractivity contribution < 1.29 is 13.5 Å². The van der Waals surface area contributed by atoms with E-state index in [9.17, 15) is 8.78 Å². The van der Waals surface area contributed by atoms with Crippen molar-refractivity contribution in [1.82, 2.24) is 5.32 Å². The fraction of sp³-hybridized carbons (Fsp3) is 0.571. The van der Waals surface area contributed by atoms with Crippen LogP contribution in [0.5, 0.6) is 5.75 Å². The Kier molecular flexibility index (Phi) is 4.46. The lowest BCUT2D eigenvalue weighted by Gasteiger charge is -2.12. The van der Waals surface area contributed by atoms with Crippen LogP contribution in [0.1, 0.15) is 25.8 Å². The van der Waals surface area contributed by atoms with Crippen molar-refractivity contribution in [2.75, 3.05) is 6.54 Å². The van der Waals surface area contributed by atoms with Crippen molar-refractivity contribution in [1.29, 1.82) is 0 Å². The predicted molar refractivity (Wildman–Crippen MR) is 74.4 cm³/mol. The fourth-order valence-corrected chi connectivity index (χ4v) is 2.61. The quantitative estimate of drug-likeness (QED) is 0.842. The Morgan fingerprint density at radius 1 is 1.47 bits per heavy atom. The van der Waals surface area contributed by atoms with E-state index >= 15 is 0 Å². The van der Waals surface area contributed by atoms with E-state index in [-0.39, 0.29) is 5.75 Å². The minimum atomic E-state index is -2.79. The van der Waals surface area contributed by atoms with Crippen LogP contribution in [0.15, 0.2) is 22.7 Å². The Balaban J connectivity index is 1.92. The summed E-state index contributed by atoms with van der Waals surface area (Å²) in [5.74, 6) is 0.917. The molecule has 0 radical (unpaired) electrons. The number of hydrogen-bond donors (Lipinski definition) is 1. The number of ether oxygens (including phenoxy) is 1. The summed E-state index contributed by atoms with van der Waals surface area (Å²) >= 11 is 3.34. The summed E-state index contributed by atoms with van der Waals surface area (Å²) in [6.07, 6.45) is 1.22. The van der Waals surface area contributed by atoms with Crippen LogP contribution in [0.25, 0.3) is 0 Å². The number of alkyl halides is 2. The van der Waals surface area contributed by atoms with E-state index in [1.807, 2.05) is 6.07 Å². The third kappa shape index (κ3) is 4.14. The Bertz CT molecular complexity index is 451. The molecule has 1 aromatic rings. The molecule has 1 aliphatic rings. The molecule has 5 heteroatoms. The lowest BCUT2D eigenvalue weighted by Crippen LogP contribution is -2.19. The Morgan fingerprint density at radius 2 is 2.16 bits per heavy atom. The first kappa shape index (κ1) is 14.7. The summed E-state index contributed by atoms with van der Waals surface area (Å²) in [7, 11) is 0. The molecule has 1 N–H and O–H groups in total. The second kappa shape index (κ2) is 5.75. The molecule has 19 heavy (non-hydrogen) atoms. The number of nitrogens with one attached hydrogen (secondary N) is 1. The third-order valence-electron chi connectivity index (χ3n) is 3.66. The molecule has 106 valence electrons. The molecule has 1 saturated carbocycles. The van der Waals surface area contributed by atoms with E-state index in [0.717, 1.165) is 16.6 Å². The smallest absolute Gasteiger partial charge is 0.387 e. The van der Waals surface area contributed by atoms with Gasteiger partial charge >= 0.3 is 6.61 Å². The number of rotatable bonds is 6. The van der Waals surface area contributed by atoms with E-state index in [1.165, 1.54) is 6.42 Å². The van der Waals surface area contributed by atoms with Crippen LogP contribution in [0.4, 0.5) is 8.78 Å². The van der Waals surface area contributed by atoms with Gasteiger partial charge in [-0.2, -0.15) is 8.78 Å². The fourth-order valence-electron chi connectivity index (χ4n) is 2.20. The molecule has 0 saturated heterocycles. The minimum absolute atomic E-state index is 0.237. The van der Waals surface area contributed by atoms with Gasteiger partial charge in [-0.25, -0.2) is 0 Å². The first-order valence-corrected chi connectivity index (χ1v) is 7.12. The van der Waals surface area contributed by atoms with Crippen molar-refractivity contribution in [2.24, 2.45) is 11.3 Å². The van der Waals surface area contributed by atoms with E-state index < -0.39 is 6.61 Å². The van der Waals surface area contributed by atoms with Crippen LogP contribution in [0, 0.1) is 11.3 Å². The molecule has 1 unspecified atom stereocenters. The topological polar surface area (TPSA) is 21.3 Å². The molecule has 0 bridgehead atoms. The van der Waals surface area contributed by atoms with Gasteiger partial charge in [-0.3, -0.25) is 0 Å². The van der Waals surface area contributed by atoms with Crippen molar-refractivity contribution in [2.45, 2.75) is 33.4 Å². The van der Waals surface area contributed by atoms with Gasteiger partial charge in [-0.15, -0.1) is 0 Å². The second-order valence-electron chi connectivity index (χ2n) is 5.65. The highest BCUT2D eigenvalue weighted by Gasteiger charge is 2.44. The monoisotopic (exact) mass is 333 g/mol. The zero-order valence-electron chi connectivity index (χ0n) is 11.1. The maximum Gasteiger partial charge on any atom is 0.387 e. The van der Waals surface area contributed by atoms with Gasteiger partial charge in [-0.05, 0) is 42.5 Å². The van der Waals surface area contributed by atoms with Crippen molar-refractivity contribution in [3.8, 4) is 5.75 Å². The highest BCUT2D eigenvalue weighted by molar-refractivity contribution is 9.10. The molecule has 0 spiro atoms. The Hall–Kier alpha value is -0.680. The van der Waals surface area contributed by atoms with Gasteiger partial charge in [0.05, 0.1) is 0 Å². The van der Waals surface area contributed by atoms with E-state index in [1.54, 1.807) is 12.1 Å². The summed E-state index contributed by atoms with van der Waals surface area (Å²) in [4.78, 5) is 0. The first-order valence-electron chi connectivity index (χ1n) is 6.32.